The summed E-state index contributed by atoms with van der Waals surface area (Å²) in [7, 11) is 1.21. The summed E-state index contributed by atoms with van der Waals surface area (Å²) in [4.78, 5) is 24.8. The van der Waals surface area contributed by atoms with Crippen LogP contribution in [-0.4, -0.2) is 31.4 Å². The highest BCUT2D eigenvalue weighted by molar-refractivity contribution is 6.09. The van der Waals surface area contributed by atoms with Crippen LogP contribution in [0.25, 0.3) is 0 Å². The summed E-state index contributed by atoms with van der Waals surface area (Å²) in [6.45, 7) is 0. The number of methoxy groups -OCH3 is 1. The number of hydrogen-bond donors (Lipinski definition) is 1. The van der Waals surface area contributed by atoms with Crippen molar-refractivity contribution in [2.45, 2.75) is 6.04 Å². The number of amides is 1. The van der Waals surface area contributed by atoms with E-state index in [0.29, 0.717) is 0 Å². The smallest absolute Gasteiger partial charge is 0.340 e. The van der Waals surface area contributed by atoms with Crippen LogP contribution in [0.4, 0.5) is 0 Å². The third kappa shape index (κ3) is 0.975. The van der Waals surface area contributed by atoms with Crippen molar-refractivity contribution in [2.24, 2.45) is 4.99 Å². The van der Waals surface area contributed by atoms with Crippen LogP contribution in [-0.2, 0) is 14.3 Å². The second-order valence-corrected chi connectivity index (χ2v) is 1.71. The highest BCUT2D eigenvalue weighted by atomic mass is 16.5. The molecule has 0 aromatic heterocycles. The minimum Gasteiger partial charge on any atom is -0.467 e. The maximum absolute atomic E-state index is 10.6. The van der Waals surface area contributed by atoms with Crippen LogP contribution in [0.5, 0.6) is 0 Å². The first-order valence-electron chi connectivity index (χ1n) is 2.65. The van der Waals surface area contributed by atoms with Crippen LogP contribution in [0.1, 0.15) is 0 Å². The van der Waals surface area contributed by atoms with Gasteiger partial charge >= 0.3 is 5.97 Å². The van der Waals surface area contributed by atoms with E-state index in [-0.39, 0.29) is 0 Å². The largest absolute Gasteiger partial charge is 0.467 e. The van der Waals surface area contributed by atoms with Gasteiger partial charge < -0.3 is 10.1 Å². The van der Waals surface area contributed by atoms with Gasteiger partial charge in [-0.05, 0) is 0 Å². The van der Waals surface area contributed by atoms with Gasteiger partial charge in [-0.15, -0.1) is 0 Å². The Morgan fingerprint density at radius 3 is 3.00 bits per heavy atom. The molecule has 5 nitrogen and oxygen atoms in total. The fourth-order valence-corrected chi connectivity index (χ4v) is 0.602. The summed E-state index contributed by atoms with van der Waals surface area (Å²) >= 11 is 0. The fourth-order valence-electron chi connectivity index (χ4n) is 0.602. The second kappa shape index (κ2) is 2.47. The van der Waals surface area contributed by atoms with Crippen LogP contribution >= 0.6 is 0 Å². The first-order valence-corrected chi connectivity index (χ1v) is 2.65. The van der Waals surface area contributed by atoms with E-state index < -0.39 is 17.9 Å². The molecule has 1 amide bonds. The molecule has 0 fully saturated rings. The molecule has 1 N–H and O–H groups in total. The zero-order valence-corrected chi connectivity index (χ0v) is 5.33. The maximum Gasteiger partial charge on any atom is 0.340 e. The van der Waals surface area contributed by atoms with Crippen LogP contribution in [0.15, 0.2) is 4.99 Å². The molecular weight excluding hydrogens is 136 g/mol. The molecule has 0 radical (unpaired) electrons. The van der Waals surface area contributed by atoms with Crippen LogP contribution in [0.2, 0.25) is 0 Å². The number of nitrogens with one attached hydrogen (secondary N) is 1. The number of esters is 1. The lowest BCUT2D eigenvalue weighted by Gasteiger charge is -1.99. The van der Waals surface area contributed by atoms with Gasteiger partial charge in [0.2, 0.25) is 6.04 Å². The molecule has 1 atom stereocenters. The molecule has 0 aromatic rings. The molecule has 1 rings (SSSR count). The third-order valence-electron chi connectivity index (χ3n) is 1.10. The summed E-state index contributed by atoms with van der Waals surface area (Å²) in [6.07, 6.45) is 1.18. The topological polar surface area (TPSA) is 67.8 Å². The number of carbonyl (C=O) groups is 2. The summed E-state index contributed by atoms with van der Waals surface area (Å²) in [5.41, 5.74) is 0. The first kappa shape index (κ1) is 6.73. The molecule has 54 valence electrons. The lowest BCUT2D eigenvalue weighted by Crippen LogP contribution is -2.32. The highest BCUT2D eigenvalue weighted by Gasteiger charge is 2.29. The molecule has 1 aliphatic heterocycles. The Labute approximate surface area is 57.1 Å². The Morgan fingerprint density at radius 1 is 1.90 bits per heavy atom. The minimum atomic E-state index is -0.995. The van der Waals surface area contributed by atoms with E-state index in [9.17, 15) is 9.59 Å². The van der Waals surface area contributed by atoms with Gasteiger partial charge in [-0.2, -0.15) is 0 Å². The van der Waals surface area contributed by atoms with E-state index in [2.05, 4.69) is 15.0 Å². The van der Waals surface area contributed by atoms with E-state index in [0.717, 1.165) is 0 Å². The summed E-state index contributed by atoms with van der Waals surface area (Å²) in [6, 6.07) is -0.995. The van der Waals surface area contributed by atoms with Gasteiger partial charge in [0, 0.05) is 0 Å². The van der Waals surface area contributed by atoms with E-state index in [1.807, 2.05) is 0 Å². The predicted octanol–water partition coefficient (Wildman–Crippen LogP) is -1.31. The monoisotopic (exact) mass is 142 g/mol. The van der Waals surface area contributed by atoms with E-state index in [4.69, 9.17) is 0 Å². The van der Waals surface area contributed by atoms with Crippen molar-refractivity contribution in [3.8, 4) is 0 Å². The van der Waals surface area contributed by atoms with Crippen molar-refractivity contribution in [3.05, 3.63) is 0 Å². The zero-order valence-electron chi connectivity index (χ0n) is 5.33. The Morgan fingerprint density at radius 2 is 2.60 bits per heavy atom. The van der Waals surface area contributed by atoms with Gasteiger partial charge in [-0.1, -0.05) is 0 Å². The first-order chi connectivity index (χ1) is 4.75. The SMILES string of the molecule is COC(=O)C1N=CNC1=O. The van der Waals surface area contributed by atoms with Gasteiger partial charge in [-0.3, -0.25) is 9.79 Å². The molecule has 5 heteroatoms. The van der Waals surface area contributed by atoms with Crippen molar-refractivity contribution < 1.29 is 14.3 Å². The second-order valence-electron chi connectivity index (χ2n) is 1.71. The molecule has 1 unspecified atom stereocenters. The Bertz CT molecular complexity index is 199. The summed E-state index contributed by atoms with van der Waals surface area (Å²) in [5, 5.41) is 2.25. The van der Waals surface area contributed by atoms with Crippen LogP contribution in [0.3, 0.4) is 0 Å². The van der Waals surface area contributed by atoms with Gasteiger partial charge in [0.05, 0.1) is 13.4 Å². The Balaban J connectivity index is 2.64. The number of ether oxygens (including phenoxy) is 1. The van der Waals surface area contributed by atoms with Crippen LogP contribution < -0.4 is 5.32 Å². The molecular formula is C5H6N2O3. The Hall–Kier alpha value is -1.39. The molecule has 0 spiro atoms. The molecule has 1 heterocycles. The standard InChI is InChI=1S/C5H6N2O3/c1-10-5(9)3-4(8)7-2-6-3/h2-3H,1H3,(H,6,7,8). The van der Waals surface area contributed by atoms with Gasteiger partial charge in [0.15, 0.2) is 0 Å². The molecule has 0 aromatic carbocycles. The Kier molecular flexibility index (Phi) is 1.66. The van der Waals surface area contributed by atoms with E-state index in [1.54, 1.807) is 0 Å². The molecule has 10 heavy (non-hydrogen) atoms. The molecule has 0 saturated carbocycles. The molecule has 0 aliphatic carbocycles. The van der Waals surface area contributed by atoms with E-state index in [1.165, 1.54) is 13.4 Å². The summed E-state index contributed by atoms with van der Waals surface area (Å²) in [5.74, 6) is -1.07. The lowest BCUT2D eigenvalue weighted by atomic mass is 10.3. The average Bonchev–Trinajstić information content (AvgIpc) is 2.34. The molecule has 0 bridgehead atoms. The van der Waals surface area contributed by atoms with Crippen molar-refractivity contribution >= 4 is 18.2 Å². The van der Waals surface area contributed by atoms with Crippen molar-refractivity contribution in [1.29, 1.82) is 0 Å². The van der Waals surface area contributed by atoms with Crippen molar-refractivity contribution in [3.63, 3.8) is 0 Å². The van der Waals surface area contributed by atoms with Gasteiger partial charge in [0.25, 0.3) is 5.91 Å². The number of nitrogens with zero attached hydrogens (tertiary/aromatic N) is 1. The average molecular weight is 142 g/mol. The number of hydrogen-bond acceptors (Lipinski definition) is 4. The van der Waals surface area contributed by atoms with E-state index >= 15 is 0 Å². The molecule has 0 saturated heterocycles. The number of aliphatic imine (C=N–C) groups is 1. The highest BCUT2D eigenvalue weighted by Crippen LogP contribution is 1.97. The van der Waals surface area contributed by atoms with Crippen molar-refractivity contribution in [2.75, 3.05) is 7.11 Å². The van der Waals surface area contributed by atoms with Crippen LogP contribution in [0, 0.1) is 0 Å². The van der Waals surface area contributed by atoms with Gasteiger partial charge in [0.1, 0.15) is 0 Å². The molecule has 1 aliphatic rings. The minimum absolute atomic E-state index is 0.438. The number of carbonyl (C=O) groups excluding carboxylic acids is 2. The number of rotatable bonds is 1. The predicted molar refractivity (Wildman–Crippen MR) is 32.4 cm³/mol. The lowest BCUT2D eigenvalue weighted by molar-refractivity contribution is -0.144. The maximum atomic E-state index is 10.6. The fraction of sp³-hybridized carbons (Fsp3) is 0.400. The zero-order chi connectivity index (χ0) is 7.56. The summed E-state index contributed by atoms with van der Waals surface area (Å²) < 4.78 is 4.29. The van der Waals surface area contributed by atoms with Crippen molar-refractivity contribution in [1.82, 2.24) is 5.32 Å². The third-order valence-corrected chi connectivity index (χ3v) is 1.10. The quantitative estimate of drug-likeness (QED) is 0.365. The van der Waals surface area contributed by atoms with Gasteiger partial charge in [-0.25, -0.2) is 4.79 Å². The normalized spacial score (nSPS) is 22.5.